The molecule has 2 aromatic rings. The lowest BCUT2D eigenvalue weighted by atomic mass is 10.1. The van der Waals surface area contributed by atoms with Crippen LogP contribution < -0.4 is 4.74 Å². The van der Waals surface area contributed by atoms with Gasteiger partial charge in [0.15, 0.2) is 13.2 Å². The van der Waals surface area contributed by atoms with E-state index in [1.54, 1.807) is 0 Å². The van der Waals surface area contributed by atoms with Crippen LogP contribution in [0.25, 0.3) is 0 Å². The maximum absolute atomic E-state index is 12.7. The van der Waals surface area contributed by atoms with Crippen LogP contribution in [0, 0.1) is 0 Å². The fourth-order valence-corrected chi connectivity index (χ4v) is 2.63. The van der Waals surface area contributed by atoms with Crippen LogP contribution in [-0.4, -0.2) is 42.4 Å². The van der Waals surface area contributed by atoms with Gasteiger partial charge in [0.2, 0.25) is 0 Å². The fourth-order valence-electron chi connectivity index (χ4n) is 2.63. The Balaban J connectivity index is 1.46. The van der Waals surface area contributed by atoms with Crippen LogP contribution in [0.15, 0.2) is 59.7 Å². The van der Waals surface area contributed by atoms with Crippen molar-refractivity contribution in [1.82, 2.24) is 5.01 Å². The zero-order valence-electron chi connectivity index (χ0n) is 15.2. The Kier molecular flexibility index (Phi) is 6.16. The van der Waals surface area contributed by atoms with Gasteiger partial charge >= 0.3 is 12.1 Å². The van der Waals surface area contributed by atoms with Gasteiger partial charge in [-0.2, -0.15) is 18.3 Å². The van der Waals surface area contributed by atoms with Gasteiger partial charge in [-0.15, -0.1) is 0 Å². The molecule has 0 saturated carbocycles. The Bertz CT molecular complexity index is 913. The summed E-state index contributed by atoms with van der Waals surface area (Å²) in [4.78, 5) is 23.9. The summed E-state index contributed by atoms with van der Waals surface area (Å²) in [6.07, 6.45) is -3.93. The standard InChI is InChI=1S/C20H17F3N2O4/c21-20(22,23)15-7-4-8-16(11-15)28-13-19(27)29-12-18(26)25-10-9-17(24-25)14-5-2-1-3-6-14/h1-8,11H,9-10,12-13H2. The predicted molar refractivity (Wildman–Crippen MR) is 97.2 cm³/mol. The third kappa shape index (κ3) is 5.56. The number of carbonyl (C=O) groups excluding carboxylic acids is 2. The molecule has 1 heterocycles. The summed E-state index contributed by atoms with van der Waals surface area (Å²) in [6, 6.07) is 13.5. The minimum atomic E-state index is -4.51. The summed E-state index contributed by atoms with van der Waals surface area (Å²) in [6.45, 7) is -0.773. The number of ether oxygens (including phenoxy) is 2. The van der Waals surface area contributed by atoms with Crippen molar-refractivity contribution in [3.63, 3.8) is 0 Å². The van der Waals surface area contributed by atoms with Crippen LogP contribution in [0.2, 0.25) is 0 Å². The van der Waals surface area contributed by atoms with Crippen molar-refractivity contribution < 1.29 is 32.2 Å². The second-order valence-corrected chi connectivity index (χ2v) is 6.15. The second kappa shape index (κ2) is 8.76. The molecule has 2 aromatic carbocycles. The van der Waals surface area contributed by atoms with Crippen molar-refractivity contribution in [2.75, 3.05) is 19.8 Å². The summed E-state index contributed by atoms with van der Waals surface area (Å²) >= 11 is 0. The number of benzene rings is 2. The van der Waals surface area contributed by atoms with E-state index >= 15 is 0 Å². The lowest BCUT2D eigenvalue weighted by Crippen LogP contribution is -2.29. The normalized spacial score (nSPS) is 13.8. The minimum Gasteiger partial charge on any atom is -0.482 e. The third-order valence-electron chi connectivity index (χ3n) is 4.07. The molecule has 0 unspecified atom stereocenters. The minimum absolute atomic E-state index is 0.125. The second-order valence-electron chi connectivity index (χ2n) is 6.15. The predicted octanol–water partition coefficient (Wildman–Crippen LogP) is 3.26. The number of esters is 1. The number of hydrazone groups is 1. The molecular weight excluding hydrogens is 389 g/mol. The SMILES string of the molecule is O=C(COc1cccc(C(F)(F)F)c1)OCC(=O)N1CCC(c2ccccc2)=N1. The first-order valence-electron chi connectivity index (χ1n) is 8.72. The summed E-state index contributed by atoms with van der Waals surface area (Å²) < 4.78 is 47.8. The summed E-state index contributed by atoms with van der Waals surface area (Å²) in [5.41, 5.74) is 0.784. The van der Waals surface area contributed by atoms with Gasteiger partial charge in [0.05, 0.1) is 17.8 Å². The molecule has 0 fully saturated rings. The number of amides is 1. The van der Waals surface area contributed by atoms with Crippen molar-refractivity contribution in [3.05, 3.63) is 65.7 Å². The molecular formula is C20H17F3N2O4. The first-order chi connectivity index (χ1) is 13.8. The van der Waals surface area contributed by atoms with E-state index in [0.717, 1.165) is 23.4 Å². The van der Waals surface area contributed by atoms with E-state index in [0.29, 0.717) is 13.0 Å². The quantitative estimate of drug-likeness (QED) is 0.691. The highest BCUT2D eigenvalue weighted by Gasteiger charge is 2.30. The molecule has 152 valence electrons. The van der Waals surface area contributed by atoms with Crippen molar-refractivity contribution in [2.24, 2.45) is 5.10 Å². The number of hydrogen-bond acceptors (Lipinski definition) is 5. The molecule has 0 N–H and O–H groups in total. The van der Waals surface area contributed by atoms with E-state index in [4.69, 9.17) is 9.47 Å². The highest BCUT2D eigenvalue weighted by molar-refractivity contribution is 6.02. The molecule has 0 aliphatic carbocycles. The lowest BCUT2D eigenvalue weighted by Gasteiger charge is -2.12. The maximum Gasteiger partial charge on any atom is 0.416 e. The van der Waals surface area contributed by atoms with Gasteiger partial charge in [-0.1, -0.05) is 36.4 Å². The van der Waals surface area contributed by atoms with E-state index in [2.05, 4.69) is 5.10 Å². The molecule has 0 atom stereocenters. The van der Waals surface area contributed by atoms with Crippen LogP contribution in [0.4, 0.5) is 13.2 Å². The molecule has 1 aliphatic rings. The number of rotatable bonds is 6. The highest BCUT2D eigenvalue weighted by Crippen LogP contribution is 2.31. The number of hydrogen-bond donors (Lipinski definition) is 0. The average molecular weight is 406 g/mol. The molecule has 6 nitrogen and oxygen atoms in total. The van der Waals surface area contributed by atoms with Gasteiger partial charge in [-0.25, -0.2) is 9.80 Å². The molecule has 3 rings (SSSR count). The maximum atomic E-state index is 12.7. The zero-order valence-corrected chi connectivity index (χ0v) is 15.2. The van der Waals surface area contributed by atoms with Gasteiger partial charge in [-0.3, -0.25) is 4.79 Å². The fraction of sp³-hybridized carbons (Fsp3) is 0.250. The van der Waals surface area contributed by atoms with Gasteiger partial charge < -0.3 is 9.47 Å². The smallest absolute Gasteiger partial charge is 0.416 e. The Hall–Kier alpha value is -3.36. The van der Waals surface area contributed by atoms with Gasteiger partial charge in [0, 0.05) is 6.42 Å². The van der Waals surface area contributed by atoms with Crippen molar-refractivity contribution in [1.29, 1.82) is 0 Å². The summed E-state index contributed by atoms with van der Waals surface area (Å²) in [5, 5.41) is 5.46. The largest absolute Gasteiger partial charge is 0.482 e. The molecule has 1 aliphatic heterocycles. The topological polar surface area (TPSA) is 68.2 Å². The van der Waals surface area contributed by atoms with Crippen molar-refractivity contribution >= 4 is 17.6 Å². The molecule has 29 heavy (non-hydrogen) atoms. The molecule has 0 radical (unpaired) electrons. The first kappa shape index (κ1) is 20.4. The van der Waals surface area contributed by atoms with Gasteiger partial charge in [0.1, 0.15) is 5.75 Å². The number of alkyl halides is 3. The van der Waals surface area contributed by atoms with Crippen LogP contribution in [-0.2, 0) is 20.5 Å². The number of carbonyl (C=O) groups is 2. The Morgan fingerprint density at radius 1 is 1.03 bits per heavy atom. The van der Waals surface area contributed by atoms with E-state index in [1.165, 1.54) is 17.1 Å². The van der Waals surface area contributed by atoms with Crippen molar-refractivity contribution in [3.8, 4) is 5.75 Å². The average Bonchev–Trinajstić information content (AvgIpc) is 3.21. The first-order valence-corrected chi connectivity index (χ1v) is 8.72. The van der Waals surface area contributed by atoms with Crippen molar-refractivity contribution in [2.45, 2.75) is 12.6 Å². The lowest BCUT2D eigenvalue weighted by molar-refractivity contribution is -0.153. The van der Waals surface area contributed by atoms with Gasteiger partial charge in [-0.05, 0) is 23.8 Å². The summed E-state index contributed by atoms with van der Waals surface area (Å²) in [7, 11) is 0. The number of nitrogens with zero attached hydrogens (tertiary/aromatic N) is 2. The molecule has 9 heteroatoms. The molecule has 0 spiro atoms. The number of halogens is 3. The van der Waals surface area contributed by atoms with Crippen LogP contribution in [0.5, 0.6) is 5.75 Å². The van der Waals surface area contributed by atoms with E-state index in [1.807, 2.05) is 30.3 Å². The van der Waals surface area contributed by atoms with E-state index < -0.39 is 36.8 Å². The van der Waals surface area contributed by atoms with E-state index in [-0.39, 0.29) is 5.75 Å². The molecule has 0 aromatic heterocycles. The monoisotopic (exact) mass is 406 g/mol. The Morgan fingerprint density at radius 2 is 1.79 bits per heavy atom. The molecule has 0 bridgehead atoms. The zero-order chi connectivity index (χ0) is 20.9. The van der Waals surface area contributed by atoms with E-state index in [9.17, 15) is 22.8 Å². The Labute approximate surface area is 164 Å². The molecule has 0 saturated heterocycles. The third-order valence-corrected chi connectivity index (χ3v) is 4.07. The van der Waals surface area contributed by atoms with Crippen LogP contribution in [0.3, 0.4) is 0 Å². The summed E-state index contributed by atoms with van der Waals surface area (Å²) in [5.74, 6) is -1.50. The molecule has 1 amide bonds. The highest BCUT2D eigenvalue weighted by atomic mass is 19.4. The van der Waals surface area contributed by atoms with Crippen LogP contribution >= 0.6 is 0 Å². The van der Waals surface area contributed by atoms with Gasteiger partial charge in [0.25, 0.3) is 5.91 Å². The Morgan fingerprint density at radius 3 is 2.52 bits per heavy atom. The van der Waals surface area contributed by atoms with Crippen LogP contribution in [0.1, 0.15) is 17.5 Å².